The highest BCUT2D eigenvalue weighted by atomic mass is 32.2. The van der Waals surface area contributed by atoms with Crippen LogP contribution in [0.2, 0.25) is 0 Å². The molecule has 0 aromatic carbocycles. The third kappa shape index (κ3) is 3.46. The minimum atomic E-state index is -3.52. The summed E-state index contributed by atoms with van der Waals surface area (Å²) in [5.74, 6) is 0.480. The molecular weight excluding hydrogens is 226 g/mol. The number of hydrogen-bond donors (Lipinski definition) is 2. The van der Waals surface area contributed by atoms with Crippen LogP contribution in [0.3, 0.4) is 0 Å². The van der Waals surface area contributed by atoms with Crippen LogP contribution < -0.4 is 10.5 Å². The number of rotatable bonds is 5. The van der Waals surface area contributed by atoms with E-state index in [1.165, 1.54) is 12.3 Å². The molecule has 0 atom stereocenters. The highest BCUT2D eigenvalue weighted by Crippen LogP contribution is 2.14. The molecule has 0 saturated heterocycles. The van der Waals surface area contributed by atoms with Crippen molar-refractivity contribution < 1.29 is 8.42 Å². The number of sulfonamides is 1. The first-order chi connectivity index (χ1) is 7.43. The van der Waals surface area contributed by atoms with Crippen molar-refractivity contribution in [2.75, 3.05) is 12.3 Å². The highest BCUT2D eigenvalue weighted by molar-refractivity contribution is 7.89. The molecule has 6 heteroatoms. The summed E-state index contributed by atoms with van der Waals surface area (Å²) >= 11 is 0. The first-order valence-corrected chi connectivity index (χ1v) is 6.62. The molecule has 0 bridgehead atoms. The van der Waals surface area contributed by atoms with Gasteiger partial charge in [-0.2, -0.15) is 0 Å². The number of nitrogens with two attached hydrogens (primary N) is 1. The number of nitrogens with one attached hydrogen (secondary N) is 1. The fourth-order valence-corrected chi connectivity index (χ4v) is 2.32. The van der Waals surface area contributed by atoms with Crippen molar-refractivity contribution in [1.29, 1.82) is 0 Å². The summed E-state index contributed by atoms with van der Waals surface area (Å²) < 4.78 is 26.1. The van der Waals surface area contributed by atoms with Crippen LogP contribution >= 0.6 is 0 Å². The number of nitrogen functional groups attached to an aromatic ring is 1. The van der Waals surface area contributed by atoms with Gasteiger partial charge in [0, 0.05) is 12.7 Å². The van der Waals surface area contributed by atoms with E-state index >= 15 is 0 Å². The predicted molar refractivity (Wildman–Crippen MR) is 63.3 cm³/mol. The Balaban J connectivity index is 2.75. The summed E-state index contributed by atoms with van der Waals surface area (Å²) in [6.07, 6.45) is 2.25. The first-order valence-electron chi connectivity index (χ1n) is 5.13. The highest BCUT2D eigenvalue weighted by Gasteiger charge is 2.16. The first kappa shape index (κ1) is 12.9. The molecule has 1 aromatic rings. The molecule has 0 amide bonds. The van der Waals surface area contributed by atoms with Crippen LogP contribution in [0.15, 0.2) is 23.2 Å². The van der Waals surface area contributed by atoms with E-state index in [1.807, 2.05) is 13.8 Å². The minimum absolute atomic E-state index is 0.0274. The van der Waals surface area contributed by atoms with E-state index in [9.17, 15) is 8.42 Å². The van der Waals surface area contributed by atoms with Gasteiger partial charge in [-0.05, 0) is 24.5 Å². The molecule has 16 heavy (non-hydrogen) atoms. The summed E-state index contributed by atoms with van der Waals surface area (Å²) in [5, 5.41) is 0. The molecule has 0 unspecified atom stereocenters. The minimum Gasteiger partial charge on any atom is -0.383 e. The van der Waals surface area contributed by atoms with Gasteiger partial charge in [-0.1, -0.05) is 13.8 Å². The number of pyridine rings is 1. The van der Waals surface area contributed by atoms with Crippen LogP contribution in [0.25, 0.3) is 0 Å². The third-order valence-electron chi connectivity index (χ3n) is 2.10. The molecule has 0 aliphatic heterocycles. The molecular formula is C10H17N3O2S. The largest absolute Gasteiger partial charge is 0.383 e. The van der Waals surface area contributed by atoms with Crippen LogP contribution in [0.4, 0.5) is 5.82 Å². The Bertz CT molecular complexity index is 443. The maximum atomic E-state index is 11.8. The quantitative estimate of drug-likeness (QED) is 0.807. The molecule has 0 aliphatic carbocycles. The molecule has 1 heterocycles. The SMILES string of the molecule is CC(C)CCNS(=O)(=O)c1cccnc1N. The number of hydrogen-bond acceptors (Lipinski definition) is 4. The van der Waals surface area contributed by atoms with Gasteiger partial charge in [0.15, 0.2) is 0 Å². The second-order valence-corrected chi connectivity index (χ2v) is 5.70. The zero-order chi connectivity index (χ0) is 12.2. The average Bonchev–Trinajstić information content (AvgIpc) is 2.17. The van der Waals surface area contributed by atoms with Crippen molar-refractivity contribution >= 4 is 15.8 Å². The lowest BCUT2D eigenvalue weighted by Gasteiger charge is -2.09. The Morgan fingerprint density at radius 1 is 1.50 bits per heavy atom. The van der Waals surface area contributed by atoms with Gasteiger partial charge in [0.1, 0.15) is 10.7 Å². The normalized spacial score (nSPS) is 11.9. The average molecular weight is 243 g/mol. The van der Waals surface area contributed by atoms with Gasteiger partial charge in [0.25, 0.3) is 0 Å². The Labute approximate surface area is 96.1 Å². The number of anilines is 1. The Morgan fingerprint density at radius 2 is 2.19 bits per heavy atom. The number of aromatic nitrogens is 1. The molecule has 0 spiro atoms. The smallest absolute Gasteiger partial charge is 0.244 e. The van der Waals surface area contributed by atoms with Gasteiger partial charge in [-0.25, -0.2) is 18.1 Å². The Hall–Kier alpha value is -1.14. The molecule has 0 fully saturated rings. The molecule has 90 valence electrons. The van der Waals surface area contributed by atoms with Crippen LogP contribution in [-0.2, 0) is 10.0 Å². The van der Waals surface area contributed by atoms with Gasteiger partial charge in [-0.3, -0.25) is 0 Å². The lowest BCUT2D eigenvalue weighted by Crippen LogP contribution is -2.26. The maximum Gasteiger partial charge on any atom is 0.244 e. The van der Waals surface area contributed by atoms with Crippen molar-refractivity contribution in [1.82, 2.24) is 9.71 Å². The Morgan fingerprint density at radius 3 is 2.75 bits per heavy atom. The van der Waals surface area contributed by atoms with E-state index in [0.29, 0.717) is 12.5 Å². The van der Waals surface area contributed by atoms with Crippen LogP contribution in [0.5, 0.6) is 0 Å². The summed E-state index contributed by atoms with van der Waals surface area (Å²) in [5.41, 5.74) is 5.51. The molecule has 0 aliphatic rings. The van der Waals surface area contributed by atoms with Crippen molar-refractivity contribution in [3.8, 4) is 0 Å². The monoisotopic (exact) mass is 243 g/mol. The van der Waals surface area contributed by atoms with E-state index < -0.39 is 10.0 Å². The maximum absolute atomic E-state index is 11.8. The zero-order valence-corrected chi connectivity index (χ0v) is 10.3. The van der Waals surface area contributed by atoms with Crippen molar-refractivity contribution in [2.24, 2.45) is 5.92 Å². The second kappa shape index (κ2) is 5.27. The summed E-state index contributed by atoms with van der Waals surface area (Å²) in [6, 6.07) is 2.99. The van der Waals surface area contributed by atoms with Gasteiger partial charge in [0.05, 0.1) is 0 Å². The fourth-order valence-electron chi connectivity index (χ4n) is 1.19. The van der Waals surface area contributed by atoms with Crippen molar-refractivity contribution in [3.63, 3.8) is 0 Å². The van der Waals surface area contributed by atoms with Gasteiger partial charge >= 0.3 is 0 Å². The topological polar surface area (TPSA) is 85.1 Å². The second-order valence-electron chi connectivity index (χ2n) is 3.97. The zero-order valence-electron chi connectivity index (χ0n) is 9.47. The van der Waals surface area contributed by atoms with Gasteiger partial charge < -0.3 is 5.73 Å². The van der Waals surface area contributed by atoms with Crippen LogP contribution in [0, 0.1) is 5.92 Å². The molecule has 0 saturated carbocycles. The summed E-state index contributed by atoms with van der Waals surface area (Å²) in [7, 11) is -3.52. The molecule has 3 N–H and O–H groups in total. The lowest BCUT2D eigenvalue weighted by molar-refractivity contribution is 0.551. The predicted octanol–water partition coefficient (Wildman–Crippen LogP) is 0.988. The third-order valence-corrected chi connectivity index (χ3v) is 3.61. The van der Waals surface area contributed by atoms with Crippen LogP contribution in [0.1, 0.15) is 20.3 Å². The summed E-state index contributed by atoms with van der Waals surface area (Å²) in [4.78, 5) is 3.79. The molecule has 1 rings (SSSR count). The number of nitrogens with zero attached hydrogens (tertiary/aromatic N) is 1. The van der Waals surface area contributed by atoms with E-state index in [2.05, 4.69) is 9.71 Å². The summed E-state index contributed by atoms with van der Waals surface area (Å²) in [6.45, 7) is 4.48. The van der Waals surface area contributed by atoms with Crippen molar-refractivity contribution in [3.05, 3.63) is 18.3 Å². The molecule has 5 nitrogen and oxygen atoms in total. The van der Waals surface area contributed by atoms with E-state index in [1.54, 1.807) is 6.07 Å². The van der Waals surface area contributed by atoms with E-state index in [-0.39, 0.29) is 10.7 Å². The van der Waals surface area contributed by atoms with Crippen molar-refractivity contribution in [2.45, 2.75) is 25.2 Å². The molecule has 0 radical (unpaired) electrons. The van der Waals surface area contributed by atoms with Gasteiger partial charge in [0.2, 0.25) is 10.0 Å². The van der Waals surface area contributed by atoms with E-state index in [4.69, 9.17) is 5.73 Å². The fraction of sp³-hybridized carbons (Fsp3) is 0.500. The Kier molecular flexibility index (Phi) is 4.26. The van der Waals surface area contributed by atoms with Gasteiger partial charge in [-0.15, -0.1) is 0 Å². The molecule has 1 aromatic heterocycles. The standard InChI is InChI=1S/C10H17N3O2S/c1-8(2)5-7-13-16(14,15)9-4-3-6-12-10(9)11/h3-4,6,8,13H,5,7H2,1-2H3,(H2,11,12). The lowest BCUT2D eigenvalue weighted by atomic mass is 10.1. The van der Waals surface area contributed by atoms with Crippen LogP contribution in [-0.4, -0.2) is 19.9 Å². The van der Waals surface area contributed by atoms with E-state index in [0.717, 1.165) is 6.42 Å².